The monoisotopic (exact) mass is 552 g/mol. The SMILES string of the molecule is CCCCCCC=CCCCCCCCC(=O)OC(CO)COC(=O)CCCCCCCCCCCCCC. The highest BCUT2D eigenvalue weighted by atomic mass is 16.6. The van der Waals surface area contributed by atoms with Gasteiger partial charge in [0.15, 0.2) is 6.10 Å². The minimum Gasteiger partial charge on any atom is -0.462 e. The summed E-state index contributed by atoms with van der Waals surface area (Å²) in [6.07, 6.45) is 32.6. The zero-order valence-corrected chi connectivity index (χ0v) is 25.9. The number of allylic oxidation sites excluding steroid dienone is 2. The lowest BCUT2D eigenvalue weighted by atomic mass is 10.0. The highest BCUT2D eigenvalue weighted by Crippen LogP contribution is 2.13. The minimum absolute atomic E-state index is 0.0640. The summed E-state index contributed by atoms with van der Waals surface area (Å²) >= 11 is 0. The van der Waals surface area contributed by atoms with E-state index in [0.717, 1.165) is 44.9 Å². The summed E-state index contributed by atoms with van der Waals surface area (Å²) in [6.45, 7) is 4.10. The number of unbranched alkanes of at least 4 members (excludes halogenated alkanes) is 20. The molecule has 1 atom stereocenters. The van der Waals surface area contributed by atoms with Gasteiger partial charge in [-0.1, -0.05) is 135 Å². The standard InChI is InChI=1S/C34H64O5/c1-3-5-7-9-11-13-15-17-19-21-23-25-27-29-34(37)39-32(30-35)31-38-33(36)28-26-24-22-20-18-16-14-12-10-8-6-4-2/h13,15,32,35H,3-12,14,16-31H2,1-2H3. The topological polar surface area (TPSA) is 72.8 Å². The Kier molecular flexibility index (Phi) is 30.1. The molecule has 1 N–H and O–H groups in total. The largest absolute Gasteiger partial charge is 0.462 e. The van der Waals surface area contributed by atoms with Crippen LogP contribution in [-0.2, 0) is 19.1 Å². The highest BCUT2D eigenvalue weighted by molar-refractivity contribution is 5.70. The molecule has 0 rings (SSSR count). The van der Waals surface area contributed by atoms with Crippen molar-refractivity contribution in [1.29, 1.82) is 0 Å². The van der Waals surface area contributed by atoms with Gasteiger partial charge >= 0.3 is 11.9 Å². The van der Waals surface area contributed by atoms with Crippen molar-refractivity contribution in [2.75, 3.05) is 13.2 Å². The molecule has 0 amide bonds. The fourth-order valence-corrected chi connectivity index (χ4v) is 4.72. The van der Waals surface area contributed by atoms with E-state index in [1.54, 1.807) is 0 Å². The maximum Gasteiger partial charge on any atom is 0.306 e. The summed E-state index contributed by atoms with van der Waals surface area (Å²) in [7, 11) is 0. The van der Waals surface area contributed by atoms with E-state index < -0.39 is 6.10 Å². The number of carbonyl (C=O) groups is 2. The van der Waals surface area contributed by atoms with Gasteiger partial charge in [-0.15, -0.1) is 0 Å². The lowest BCUT2D eigenvalue weighted by Gasteiger charge is -2.15. The molecule has 5 heteroatoms. The van der Waals surface area contributed by atoms with E-state index in [4.69, 9.17) is 9.47 Å². The summed E-state index contributed by atoms with van der Waals surface area (Å²) in [5.74, 6) is -0.597. The first kappa shape index (κ1) is 37.6. The number of esters is 2. The molecule has 230 valence electrons. The van der Waals surface area contributed by atoms with Crippen LogP contribution in [0, 0.1) is 0 Å². The van der Waals surface area contributed by atoms with Gasteiger partial charge in [-0.3, -0.25) is 9.59 Å². The molecule has 5 nitrogen and oxygen atoms in total. The predicted molar refractivity (Wildman–Crippen MR) is 164 cm³/mol. The normalized spacial score (nSPS) is 12.2. The average Bonchev–Trinajstić information content (AvgIpc) is 2.94. The van der Waals surface area contributed by atoms with Crippen LogP contribution in [0.2, 0.25) is 0 Å². The van der Waals surface area contributed by atoms with Crippen LogP contribution in [0.15, 0.2) is 12.2 Å². The summed E-state index contributed by atoms with van der Waals surface area (Å²) in [5.41, 5.74) is 0. The van der Waals surface area contributed by atoms with Gasteiger partial charge in [0.25, 0.3) is 0 Å². The van der Waals surface area contributed by atoms with Gasteiger partial charge in [0.05, 0.1) is 6.61 Å². The first-order valence-corrected chi connectivity index (χ1v) is 16.7. The molecule has 1 unspecified atom stereocenters. The Morgan fingerprint density at radius 1 is 0.564 bits per heavy atom. The zero-order chi connectivity index (χ0) is 28.7. The maximum atomic E-state index is 12.1. The van der Waals surface area contributed by atoms with Gasteiger partial charge in [0.1, 0.15) is 6.61 Å². The highest BCUT2D eigenvalue weighted by Gasteiger charge is 2.16. The molecule has 0 spiro atoms. The van der Waals surface area contributed by atoms with Gasteiger partial charge in [-0.05, 0) is 38.5 Å². The smallest absolute Gasteiger partial charge is 0.306 e. The Hall–Kier alpha value is -1.36. The van der Waals surface area contributed by atoms with Gasteiger partial charge in [-0.2, -0.15) is 0 Å². The van der Waals surface area contributed by atoms with Gasteiger partial charge in [-0.25, -0.2) is 0 Å². The molecule has 39 heavy (non-hydrogen) atoms. The fraction of sp³-hybridized carbons (Fsp3) is 0.882. The molecule has 0 aliphatic heterocycles. The third-order valence-electron chi connectivity index (χ3n) is 7.31. The van der Waals surface area contributed by atoms with E-state index in [9.17, 15) is 14.7 Å². The van der Waals surface area contributed by atoms with Crippen molar-refractivity contribution in [3.8, 4) is 0 Å². The molecular weight excluding hydrogens is 488 g/mol. The lowest BCUT2D eigenvalue weighted by molar-refractivity contribution is -0.161. The minimum atomic E-state index is -0.766. The molecule has 0 aromatic carbocycles. The second kappa shape index (κ2) is 31.2. The van der Waals surface area contributed by atoms with Gasteiger partial charge in [0.2, 0.25) is 0 Å². The molecule has 0 aromatic rings. The molecule has 0 aliphatic rings. The van der Waals surface area contributed by atoms with E-state index in [0.29, 0.717) is 12.8 Å². The molecule has 0 heterocycles. The van der Waals surface area contributed by atoms with Crippen LogP contribution >= 0.6 is 0 Å². The second-order valence-corrected chi connectivity index (χ2v) is 11.2. The Morgan fingerprint density at radius 3 is 1.41 bits per heavy atom. The summed E-state index contributed by atoms with van der Waals surface area (Å²) in [6, 6.07) is 0. The molecule has 0 bridgehead atoms. The first-order valence-electron chi connectivity index (χ1n) is 16.7. The van der Waals surface area contributed by atoms with E-state index in [1.165, 1.54) is 103 Å². The lowest BCUT2D eigenvalue weighted by Crippen LogP contribution is -2.28. The van der Waals surface area contributed by atoms with Gasteiger partial charge < -0.3 is 14.6 Å². The Balaban J connectivity index is 3.58. The molecule has 0 radical (unpaired) electrons. The van der Waals surface area contributed by atoms with E-state index in [2.05, 4.69) is 26.0 Å². The van der Waals surface area contributed by atoms with Crippen molar-refractivity contribution in [1.82, 2.24) is 0 Å². The third kappa shape index (κ3) is 29.4. The number of ether oxygens (including phenoxy) is 2. The zero-order valence-electron chi connectivity index (χ0n) is 25.9. The quantitative estimate of drug-likeness (QED) is 0.0545. The number of aliphatic hydroxyl groups is 1. The number of aliphatic hydroxyl groups excluding tert-OH is 1. The van der Waals surface area contributed by atoms with Crippen molar-refractivity contribution in [2.45, 2.75) is 180 Å². The summed E-state index contributed by atoms with van der Waals surface area (Å²) < 4.78 is 10.5. The van der Waals surface area contributed by atoms with Crippen LogP contribution < -0.4 is 0 Å². The van der Waals surface area contributed by atoms with E-state index in [-0.39, 0.29) is 25.2 Å². The summed E-state index contributed by atoms with van der Waals surface area (Å²) in [4.78, 5) is 24.1. The van der Waals surface area contributed by atoms with Crippen molar-refractivity contribution >= 4 is 11.9 Å². The van der Waals surface area contributed by atoms with Crippen LogP contribution in [0.4, 0.5) is 0 Å². The van der Waals surface area contributed by atoms with Crippen LogP contribution in [0.25, 0.3) is 0 Å². The Labute approximate surface area is 241 Å². The van der Waals surface area contributed by atoms with Crippen molar-refractivity contribution in [3.05, 3.63) is 12.2 Å². The van der Waals surface area contributed by atoms with E-state index in [1.807, 2.05) is 0 Å². The number of hydrogen-bond acceptors (Lipinski definition) is 5. The van der Waals surface area contributed by atoms with Crippen LogP contribution in [-0.4, -0.2) is 36.4 Å². The summed E-state index contributed by atoms with van der Waals surface area (Å²) in [5, 5.41) is 9.49. The number of hydrogen-bond donors (Lipinski definition) is 1. The second-order valence-electron chi connectivity index (χ2n) is 11.2. The molecular formula is C34H64O5. The van der Waals surface area contributed by atoms with Crippen molar-refractivity contribution < 1.29 is 24.2 Å². The average molecular weight is 553 g/mol. The first-order chi connectivity index (χ1) is 19.1. The third-order valence-corrected chi connectivity index (χ3v) is 7.31. The van der Waals surface area contributed by atoms with Crippen molar-refractivity contribution in [2.24, 2.45) is 0 Å². The Bertz CT molecular complexity index is 560. The molecule has 0 aromatic heterocycles. The predicted octanol–water partition coefficient (Wildman–Crippen LogP) is 9.78. The van der Waals surface area contributed by atoms with Gasteiger partial charge in [0, 0.05) is 12.8 Å². The molecule has 0 aliphatic carbocycles. The van der Waals surface area contributed by atoms with Crippen LogP contribution in [0.1, 0.15) is 174 Å². The number of rotatable bonds is 30. The fourth-order valence-electron chi connectivity index (χ4n) is 4.72. The molecule has 0 saturated carbocycles. The van der Waals surface area contributed by atoms with Crippen LogP contribution in [0.5, 0.6) is 0 Å². The van der Waals surface area contributed by atoms with E-state index >= 15 is 0 Å². The maximum absolute atomic E-state index is 12.1. The van der Waals surface area contributed by atoms with Crippen molar-refractivity contribution in [3.63, 3.8) is 0 Å². The number of carbonyl (C=O) groups excluding carboxylic acids is 2. The van der Waals surface area contributed by atoms with Crippen LogP contribution in [0.3, 0.4) is 0 Å². The Morgan fingerprint density at radius 2 is 0.949 bits per heavy atom. The molecule has 0 saturated heterocycles. The molecule has 0 fully saturated rings.